The highest BCUT2D eigenvalue weighted by atomic mass is 35.5. The Morgan fingerprint density at radius 2 is 2.28 bits per heavy atom. The molecule has 1 unspecified atom stereocenters. The topological polar surface area (TPSA) is 54.9 Å². The van der Waals surface area contributed by atoms with Gasteiger partial charge in [0.2, 0.25) is 0 Å². The third-order valence-corrected chi connectivity index (χ3v) is 3.67. The molecule has 0 aliphatic heterocycles. The van der Waals surface area contributed by atoms with Crippen LogP contribution in [0.1, 0.15) is 41.5 Å². The maximum Gasteiger partial charge on any atom is 0.253 e. The van der Waals surface area contributed by atoms with Gasteiger partial charge in [0.1, 0.15) is 0 Å². The Hall–Kier alpha value is -1.16. The number of amides is 1. The second-order valence-electron chi connectivity index (χ2n) is 4.76. The van der Waals surface area contributed by atoms with Crippen LogP contribution in [0.3, 0.4) is 0 Å². The van der Waals surface area contributed by atoms with Crippen molar-refractivity contribution in [1.29, 1.82) is 0 Å². The SMILES string of the molecule is CCc1nnc(C)cc1C(=O)NCC(Cl)C1CC1. The Kier molecular flexibility index (Phi) is 4.17. The van der Waals surface area contributed by atoms with Crippen LogP contribution in [0.5, 0.6) is 0 Å². The number of halogens is 1. The highest BCUT2D eigenvalue weighted by Crippen LogP contribution is 2.35. The smallest absolute Gasteiger partial charge is 0.253 e. The van der Waals surface area contributed by atoms with Crippen LogP contribution in [0.2, 0.25) is 0 Å². The lowest BCUT2D eigenvalue weighted by molar-refractivity contribution is 0.0951. The minimum atomic E-state index is -0.101. The van der Waals surface area contributed by atoms with Gasteiger partial charge in [-0.25, -0.2) is 0 Å². The first kappa shape index (κ1) is 13.3. The number of carbonyl (C=O) groups excluding carboxylic acids is 1. The van der Waals surface area contributed by atoms with Crippen molar-refractivity contribution in [3.63, 3.8) is 0 Å². The van der Waals surface area contributed by atoms with Gasteiger partial charge in [0.05, 0.1) is 22.3 Å². The molecular weight excluding hydrogens is 250 g/mol. The normalized spacial score (nSPS) is 16.4. The molecule has 1 fully saturated rings. The molecule has 1 aromatic heterocycles. The zero-order valence-corrected chi connectivity index (χ0v) is 11.5. The van der Waals surface area contributed by atoms with Gasteiger partial charge >= 0.3 is 0 Å². The Labute approximate surface area is 112 Å². The van der Waals surface area contributed by atoms with Crippen LogP contribution in [-0.2, 0) is 6.42 Å². The van der Waals surface area contributed by atoms with Crippen molar-refractivity contribution in [3.05, 3.63) is 23.0 Å². The number of nitrogens with zero attached hydrogens (tertiary/aromatic N) is 2. The van der Waals surface area contributed by atoms with Crippen LogP contribution in [0, 0.1) is 12.8 Å². The molecule has 18 heavy (non-hydrogen) atoms. The monoisotopic (exact) mass is 267 g/mol. The fourth-order valence-corrected chi connectivity index (χ4v) is 2.21. The number of aryl methyl sites for hydroxylation is 2. The summed E-state index contributed by atoms with van der Waals surface area (Å²) in [5.41, 5.74) is 2.10. The van der Waals surface area contributed by atoms with E-state index in [4.69, 9.17) is 11.6 Å². The highest BCUT2D eigenvalue weighted by molar-refractivity contribution is 6.21. The van der Waals surface area contributed by atoms with E-state index >= 15 is 0 Å². The van der Waals surface area contributed by atoms with Crippen molar-refractivity contribution in [2.75, 3.05) is 6.54 Å². The molecule has 1 atom stereocenters. The first-order chi connectivity index (χ1) is 8.61. The lowest BCUT2D eigenvalue weighted by Crippen LogP contribution is -2.31. The summed E-state index contributed by atoms with van der Waals surface area (Å²) < 4.78 is 0. The standard InChI is InChI=1S/C13H18ClN3O/c1-3-12-10(6-8(2)16-17-12)13(18)15-7-11(14)9-4-5-9/h6,9,11H,3-5,7H2,1-2H3,(H,15,18). The van der Waals surface area contributed by atoms with Gasteiger partial charge in [-0.05, 0) is 38.2 Å². The van der Waals surface area contributed by atoms with Crippen molar-refractivity contribution in [2.45, 2.75) is 38.5 Å². The Morgan fingerprint density at radius 1 is 1.56 bits per heavy atom. The van der Waals surface area contributed by atoms with Crippen LogP contribution < -0.4 is 5.32 Å². The highest BCUT2D eigenvalue weighted by Gasteiger charge is 2.29. The number of rotatable bonds is 5. The summed E-state index contributed by atoms with van der Waals surface area (Å²) in [6, 6.07) is 1.78. The molecule has 5 heteroatoms. The van der Waals surface area contributed by atoms with Gasteiger partial charge in [-0.1, -0.05) is 6.92 Å². The number of hydrogen-bond acceptors (Lipinski definition) is 3. The maximum absolute atomic E-state index is 12.1. The van der Waals surface area contributed by atoms with Crippen molar-refractivity contribution in [1.82, 2.24) is 15.5 Å². The lowest BCUT2D eigenvalue weighted by atomic mass is 10.1. The number of carbonyl (C=O) groups is 1. The maximum atomic E-state index is 12.1. The van der Waals surface area contributed by atoms with Crippen molar-refractivity contribution < 1.29 is 4.79 Å². The van der Waals surface area contributed by atoms with E-state index in [0.29, 0.717) is 24.4 Å². The number of aromatic nitrogens is 2. The van der Waals surface area contributed by atoms with E-state index in [2.05, 4.69) is 15.5 Å². The third kappa shape index (κ3) is 3.19. The average Bonchev–Trinajstić information content (AvgIpc) is 3.19. The summed E-state index contributed by atoms with van der Waals surface area (Å²) in [5.74, 6) is 0.478. The molecule has 2 rings (SSSR count). The van der Waals surface area contributed by atoms with E-state index in [1.165, 1.54) is 12.8 Å². The molecule has 0 spiro atoms. The molecule has 1 amide bonds. The van der Waals surface area contributed by atoms with E-state index in [9.17, 15) is 4.79 Å². The summed E-state index contributed by atoms with van der Waals surface area (Å²) in [6.45, 7) is 4.32. The van der Waals surface area contributed by atoms with E-state index in [1.807, 2.05) is 13.8 Å². The number of alkyl halides is 1. The first-order valence-electron chi connectivity index (χ1n) is 6.37. The second-order valence-corrected chi connectivity index (χ2v) is 5.32. The van der Waals surface area contributed by atoms with Crippen molar-refractivity contribution >= 4 is 17.5 Å². The summed E-state index contributed by atoms with van der Waals surface area (Å²) in [6.07, 6.45) is 3.06. The first-order valence-corrected chi connectivity index (χ1v) is 6.81. The van der Waals surface area contributed by atoms with E-state index in [0.717, 1.165) is 11.4 Å². The fourth-order valence-electron chi connectivity index (χ4n) is 1.88. The van der Waals surface area contributed by atoms with Crippen molar-refractivity contribution in [2.24, 2.45) is 5.92 Å². The van der Waals surface area contributed by atoms with Crippen LogP contribution in [0.4, 0.5) is 0 Å². The Balaban J connectivity index is 2.00. The molecule has 98 valence electrons. The van der Waals surface area contributed by atoms with E-state index in [1.54, 1.807) is 6.07 Å². The largest absolute Gasteiger partial charge is 0.350 e. The van der Waals surface area contributed by atoms with Gasteiger partial charge < -0.3 is 5.32 Å². The number of hydrogen-bond donors (Lipinski definition) is 1. The quantitative estimate of drug-likeness (QED) is 0.831. The van der Waals surface area contributed by atoms with E-state index < -0.39 is 0 Å². The molecule has 1 saturated carbocycles. The van der Waals surface area contributed by atoms with Gasteiger partial charge in [-0.2, -0.15) is 10.2 Å². The predicted octanol–water partition coefficient (Wildman–Crippen LogP) is 2.09. The van der Waals surface area contributed by atoms with Crippen LogP contribution in [-0.4, -0.2) is 28.0 Å². The zero-order valence-electron chi connectivity index (χ0n) is 10.7. The van der Waals surface area contributed by atoms with Gasteiger partial charge in [0.25, 0.3) is 5.91 Å². The van der Waals surface area contributed by atoms with Gasteiger partial charge in [-0.15, -0.1) is 11.6 Å². The van der Waals surface area contributed by atoms with Crippen LogP contribution in [0.25, 0.3) is 0 Å². The molecule has 4 nitrogen and oxygen atoms in total. The minimum absolute atomic E-state index is 0.0509. The Bertz CT molecular complexity index is 446. The van der Waals surface area contributed by atoms with Gasteiger partial charge in [0.15, 0.2) is 0 Å². The molecule has 1 N–H and O–H groups in total. The summed E-state index contributed by atoms with van der Waals surface area (Å²) in [5, 5.41) is 11.0. The van der Waals surface area contributed by atoms with Crippen LogP contribution >= 0.6 is 11.6 Å². The molecule has 1 aliphatic carbocycles. The summed E-state index contributed by atoms with van der Waals surface area (Å²) in [4.78, 5) is 12.1. The van der Waals surface area contributed by atoms with Gasteiger partial charge in [0, 0.05) is 6.54 Å². The summed E-state index contributed by atoms with van der Waals surface area (Å²) >= 11 is 6.17. The fraction of sp³-hybridized carbons (Fsp3) is 0.615. The molecule has 0 saturated heterocycles. The summed E-state index contributed by atoms with van der Waals surface area (Å²) in [7, 11) is 0. The minimum Gasteiger partial charge on any atom is -0.350 e. The second kappa shape index (κ2) is 5.65. The average molecular weight is 268 g/mol. The molecule has 1 aromatic rings. The predicted molar refractivity (Wildman–Crippen MR) is 70.8 cm³/mol. The molecule has 1 heterocycles. The third-order valence-electron chi connectivity index (χ3n) is 3.16. The molecule has 0 radical (unpaired) electrons. The molecule has 1 aliphatic rings. The van der Waals surface area contributed by atoms with Gasteiger partial charge in [-0.3, -0.25) is 4.79 Å². The molecule has 0 bridgehead atoms. The van der Waals surface area contributed by atoms with Crippen molar-refractivity contribution in [3.8, 4) is 0 Å². The molecular formula is C13H18ClN3O. The number of nitrogens with one attached hydrogen (secondary N) is 1. The zero-order chi connectivity index (χ0) is 13.1. The lowest BCUT2D eigenvalue weighted by Gasteiger charge is -2.11. The van der Waals surface area contributed by atoms with Crippen LogP contribution in [0.15, 0.2) is 6.07 Å². The van der Waals surface area contributed by atoms with E-state index in [-0.39, 0.29) is 11.3 Å². The molecule has 0 aromatic carbocycles. The Morgan fingerprint density at radius 3 is 2.89 bits per heavy atom.